The Labute approximate surface area is 135 Å². The van der Waals surface area contributed by atoms with Crippen LogP contribution in [0, 0.1) is 0 Å². The SMILES string of the molecule is CCC(N)C(Sc1nc(N)cc(=O)[nH]1)c1ccc(Br)cc1. The number of benzene rings is 1. The second-order valence-electron chi connectivity index (χ2n) is 4.64. The number of hydrogen-bond donors (Lipinski definition) is 3. The lowest BCUT2D eigenvalue weighted by Crippen LogP contribution is -2.26. The molecule has 21 heavy (non-hydrogen) atoms. The Kier molecular flexibility index (Phi) is 5.44. The number of nitrogens with two attached hydrogens (primary N) is 2. The fourth-order valence-corrected chi connectivity index (χ4v) is 3.38. The fraction of sp³-hybridized carbons (Fsp3) is 0.286. The van der Waals surface area contributed by atoms with Crippen LogP contribution in [0.3, 0.4) is 0 Å². The summed E-state index contributed by atoms with van der Waals surface area (Å²) in [7, 11) is 0. The Hall–Kier alpha value is -1.31. The van der Waals surface area contributed by atoms with Crippen molar-refractivity contribution in [1.82, 2.24) is 9.97 Å². The lowest BCUT2D eigenvalue weighted by molar-refractivity contribution is 0.632. The van der Waals surface area contributed by atoms with Crippen LogP contribution in [0.5, 0.6) is 0 Å². The molecule has 0 aliphatic carbocycles. The standard InChI is InChI=1S/C14H17BrN4OS/c1-2-10(16)13(8-3-5-9(15)6-4-8)21-14-18-11(17)7-12(20)19-14/h3-7,10,13H,2,16H2,1H3,(H3,17,18,19,20). The smallest absolute Gasteiger partial charge is 0.253 e. The maximum absolute atomic E-state index is 11.5. The predicted molar refractivity (Wildman–Crippen MR) is 90.3 cm³/mol. The summed E-state index contributed by atoms with van der Waals surface area (Å²) in [5.41, 5.74) is 12.7. The van der Waals surface area contributed by atoms with Crippen molar-refractivity contribution in [3.63, 3.8) is 0 Å². The largest absolute Gasteiger partial charge is 0.383 e. The first-order chi connectivity index (χ1) is 9.99. The van der Waals surface area contributed by atoms with Gasteiger partial charge in [-0.3, -0.25) is 4.79 Å². The molecule has 0 aliphatic heterocycles. The van der Waals surface area contributed by atoms with Crippen molar-refractivity contribution < 1.29 is 0 Å². The number of halogens is 1. The van der Waals surface area contributed by atoms with Crippen molar-refractivity contribution in [3.05, 3.63) is 50.7 Å². The lowest BCUT2D eigenvalue weighted by Gasteiger charge is -2.22. The fourth-order valence-electron chi connectivity index (χ4n) is 1.90. The van der Waals surface area contributed by atoms with E-state index in [9.17, 15) is 4.79 Å². The molecule has 1 aromatic heterocycles. The van der Waals surface area contributed by atoms with E-state index < -0.39 is 0 Å². The maximum Gasteiger partial charge on any atom is 0.253 e. The van der Waals surface area contributed by atoms with Gasteiger partial charge in [0, 0.05) is 16.6 Å². The van der Waals surface area contributed by atoms with Crippen LogP contribution in [0.25, 0.3) is 0 Å². The number of rotatable bonds is 5. The molecule has 0 aliphatic rings. The molecular formula is C14H17BrN4OS. The first-order valence-electron chi connectivity index (χ1n) is 6.54. The summed E-state index contributed by atoms with van der Waals surface area (Å²) >= 11 is 4.84. The summed E-state index contributed by atoms with van der Waals surface area (Å²) in [5, 5.41) is 0.477. The number of anilines is 1. The average Bonchev–Trinajstić information content (AvgIpc) is 2.44. The lowest BCUT2D eigenvalue weighted by atomic mass is 10.0. The molecule has 1 aromatic carbocycles. The number of aromatic amines is 1. The van der Waals surface area contributed by atoms with Crippen molar-refractivity contribution in [3.8, 4) is 0 Å². The normalized spacial score (nSPS) is 13.9. The molecule has 0 amide bonds. The van der Waals surface area contributed by atoms with E-state index in [-0.39, 0.29) is 22.7 Å². The van der Waals surface area contributed by atoms with Gasteiger partial charge in [0.15, 0.2) is 5.16 Å². The number of nitrogens with one attached hydrogen (secondary N) is 1. The van der Waals surface area contributed by atoms with E-state index in [1.54, 1.807) is 0 Å². The molecule has 2 aromatic rings. The van der Waals surface area contributed by atoms with Gasteiger partial charge in [-0.1, -0.05) is 46.7 Å². The third kappa shape index (κ3) is 4.33. The van der Waals surface area contributed by atoms with Crippen LogP contribution in [0.2, 0.25) is 0 Å². The van der Waals surface area contributed by atoms with Gasteiger partial charge in [0.2, 0.25) is 0 Å². The topological polar surface area (TPSA) is 97.8 Å². The Morgan fingerprint density at radius 3 is 2.62 bits per heavy atom. The first kappa shape index (κ1) is 16.1. The van der Waals surface area contributed by atoms with E-state index >= 15 is 0 Å². The molecule has 2 unspecified atom stereocenters. The summed E-state index contributed by atoms with van der Waals surface area (Å²) < 4.78 is 1.01. The third-order valence-corrected chi connectivity index (χ3v) is 4.86. The van der Waals surface area contributed by atoms with E-state index in [1.165, 1.54) is 17.8 Å². The number of nitrogen functional groups attached to an aromatic ring is 1. The average molecular weight is 369 g/mol. The molecule has 1 heterocycles. The molecule has 0 bridgehead atoms. The number of aromatic nitrogens is 2. The van der Waals surface area contributed by atoms with Gasteiger partial charge in [0.25, 0.3) is 5.56 Å². The predicted octanol–water partition coefficient (Wildman–Crippen LogP) is 2.69. The minimum absolute atomic E-state index is 0.00644. The van der Waals surface area contributed by atoms with E-state index in [2.05, 4.69) is 25.9 Å². The Morgan fingerprint density at radius 2 is 2.05 bits per heavy atom. The van der Waals surface area contributed by atoms with Gasteiger partial charge >= 0.3 is 0 Å². The zero-order chi connectivity index (χ0) is 15.4. The Morgan fingerprint density at radius 1 is 1.38 bits per heavy atom. The minimum Gasteiger partial charge on any atom is -0.383 e. The molecule has 0 saturated heterocycles. The van der Waals surface area contributed by atoms with E-state index in [0.29, 0.717) is 5.16 Å². The van der Waals surface area contributed by atoms with Gasteiger partial charge in [-0.05, 0) is 24.1 Å². The quantitative estimate of drug-likeness (QED) is 0.556. The molecule has 0 radical (unpaired) electrons. The second kappa shape index (κ2) is 7.11. The van der Waals surface area contributed by atoms with Crippen LogP contribution in [-0.2, 0) is 0 Å². The summed E-state index contributed by atoms with van der Waals surface area (Å²) in [6.45, 7) is 2.03. The highest BCUT2D eigenvalue weighted by Crippen LogP contribution is 2.36. The summed E-state index contributed by atoms with van der Waals surface area (Å²) in [5.74, 6) is 0.209. The highest BCUT2D eigenvalue weighted by Gasteiger charge is 2.21. The van der Waals surface area contributed by atoms with E-state index in [0.717, 1.165) is 16.5 Å². The van der Waals surface area contributed by atoms with Crippen molar-refractivity contribution in [1.29, 1.82) is 0 Å². The maximum atomic E-state index is 11.5. The monoisotopic (exact) mass is 368 g/mol. The van der Waals surface area contributed by atoms with Gasteiger partial charge in [-0.25, -0.2) is 4.98 Å². The number of hydrogen-bond acceptors (Lipinski definition) is 5. The minimum atomic E-state index is -0.260. The van der Waals surface area contributed by atoms with Gasteiger partial charge in [0.1, 0.15) is 5.82 Å². The molecule has 7 heteroatoms. The van der Waals surface area contributed by atoms with Crippen LogP contribution < -0.4 is 17.0 Å². The molecule has 5 nitrogen and oxygen atoms in total. The van der Waals surface area contributed by atoms with Crippen LogP contribution in [0.1, 0.15) is 24.2 Å². The van der Waals surface area contributed by atoms with Crippen LogP contribution in [0.15, 0.2) is 44.8 Å². The Balaban J connectivity index is 2.32. The van der Waals surface area contributed by atoms with Gasteiger partial charge < -0.3 is 16.5 Å². The Bertz CT molecular complexity index is 659. The van der Waals surface area contributed by atoms with E-state index in [4.69, 9.17) is 11.5 Å². The summed E-state index contributed by atoms with van der Waals surface area (Å²) in [4.78, 5) is 18.3. The highest BCUT2D eigenvalue weighted by atomic mass is 79.9. The molecular weight excluding hydrogens is 352 g/mol. The second-order valence-corrected chi connectivity index (χ2v) is 6.68. The molecule has 0 saturated carbocycles. The summed E-state index contributed by atoms with van der Waals surface area (Å²) in [6.07, 6.45) is 0.820. The van der Waals surface area contributed by atoms with Crippen LogP contribution >= 0.6 is 27.7 Å². The molecule has 112 valence electrons. The first-order valence-corrected chi connectivity index (χ1v) is 8.21. The highest BCUT2D eigenvalue weighted by molar-refractivity contribution is 9.10. The number of thioether (sulfide) groups is 1. The van der Waals surface area contributed by atoms with Crippen molar-refractivity contribution >= 4 is 33.5 Å². The van der Waals surface area contributed by atoms with Crippen LogP contribution in [-0.4, -0.2) is 16.0 Å². The summed E-state index contributed by atoms with van der Waals surface area (Å²) in [6, 6.07) is 9.19. The van der Waals surface area contributed by atoms with Crippen LogP contribution in [0.4, 0.5) is 5.82 Å². The van der Waals surface area contributed by atoms with Crippen molar-refractivity contribution in [2.75, 3.05) is 5.73 Å². The molecule has 2 atom stereocenters. The molecule has 2 rings (SSSR count). The van der Waals surface area contributed by atoms with Gasteiger partial charge in [0.05, 0.1) is 5.25 Å². The zero-order valence-electron chi connectivity index (χ0n) is 11.5. The van der Waals surface area contributed by atoms with Gasteiger partial charge in [-0.15, -0.1) is 0 Å². The zero-order valence-corrected chi connectivity index (χ0v) is 13.9. The van der Waals surface area contributed by atoms with Crippen molar-refractivity contribution in [2.45, 2.75) is 29.8 Å². The molecule has 0 fully saturated rings. The third-order valence-electron chi connectivity index (χ3n) is 3.04. The number of nitrogens with zero attached hydrogens (tertiary/aromatic N) is 1. The molecule has 0 spiro atoms. The molecule has 5 N–H and O–H groups in total. The number of H-pyrrole nitrogens is 1. The van der Waals surface area contributed by atoms with Crippen molar-refractivity contribution in [2.24, 2.45) is 5.73 Å². The van der Waals surface area contributed by atoms with E-state index in [1.807, 2.05) is 31.2 Å². The van der Waals surface area contributed by atoms with Gasteiger partial charge in [-0.2, -0.15) is 0 Å².